The van der Waals surface area contributed by atoms with Crippen molar-refractivity contribution in [2.45, 2.75) is 46.3 Å². The molecular weight excluding hydrogens is 400 g/mol. The summed E-state index contributed by atoms with van der Waals surface area (Å²) in [6, 6.07) is 5.06. The lowest BCUT2D eigenvalue weighted by Gasteiger charge is -2.18. The van der Waals surface area contributed by atoms with Gasteiger partial charge in [-0.3, -0.25) is 14.0 Å². The van der Waals surface area contributed by atoms with Crippen LogP contribution in [0.4, 0.5) is 0 Å². The molecule has 9 nitrogen and oxygen atoms in total. The van der Waals surface area contributed by atoms with Gasteiger partial charge in [-0.2, -0.15) is 4.99 Å². The van der Waals surface area contributed by atoms with Gasteiger partial charge in [0.25, 0.3) is 5.56 Å². The molecule has 3 aromatic rings. The number of amides is 1. The smallest absolute Gasteiger partial charge is 0.341 e. The molecule has 4 rings (SSSR count). The van der Waals surface area contributed by atoms with Crippen molar-refractivity contribution in [3.05, 3.63) is 51.4 Å². The summed E-state index contributed by atoms with van der Waals surface area (Å²) in [4.78, 5) is 46.9. The fourth-order valence-electron chi connectivity index (χ4n) is 3.88. The van der Waals surface area contributed by atoms with Crippen molar-refractivity contribution in [1.29, 1.82) is 0 Å². The number of carbonyl (C=O) groups is 2. The van der Waals surface area contributed by atoms with Crippen molar-refractivity contribution >= 4 is 28.6 Å². The number of rotatable bonds is 4. The normalized spacial score (nSPS) is 16.9. The van der Waals surface area contributed by atoms with Crippen LogP contribution in [0, 0.1) is 6.92 Å². The zero-order valence-corrected chi connectivity index (χ0v) is 17.8. The van der Waals surface area contributed by atoms with Crippen molar-refractivity contribution < 1.29 is 19.1 Å². The Morgan fingerprint density at radius 3 is 2.84 bits per heavy atom. The largest absolute Gasteiger partial charge is 0.462 e. The van der Waals surface area contributed by atoms with Gasteiger partial charge in [-0.05, 0) is 44.4 Å². The van der Waals surface area contributed by atoms with E-state index in [2.05, 4.69) is 4.99 Å². The van der Waals surface area contributed by atoms with Crippen LogP contribution < -0.4 is 11.0 Å². The van der Waals surface area contributed by atoms with E-state index in [-0.39, 0.29) is 34.7 Å². The minimum atomic E-state index is -0.653. The van der Waals surface area contributed by atoms with Gasteiger partial charge in [0.2, 0.25) is 5.91 Å². The van der Waals surface area contributed by atoms with Gasteiger partial charge in [0, 0.05) is 19.7 Å². The summed E-state index contributed by atoms with van der Waals surface area (Å²) in [5.74, 6) is -1.13. The Hall–Kier alpha value is -3.33. The first kappa shape index (κ1) is 20.9. The number of nitrogens with zero attached hydrogens (tertiary/aromatic N) is 4. The molecule has 0 bridgehead atoms. The molecule has 0 spiro atoms. The van der Waals surface area contributed by atoms with Crippen molar-refractivity contribution in [3.63, 3.8) is 0 Å². The molecule has 162 valence electrons. The highest BCUT2D eigenvalue weighted by Crippen LogP contribution is 2.18. The third kappa shape index (κ3) is 3.88. The van der Waals surface area contributed by atoms with Gasteiger partial charge in [-0.1, -0.05) is 6.07 Å². The molecule has 1 amide bonds. The SMILES string of the molecule is CCOC(=O)c1cc2c(=O)n3cccc(C)c3nc2n(C[C@H]2CCCO2)c1=NC(C)=O. The van der Waals surface area contributed by atoms with E-state index in [1.54, 1.807) is 23.8 Å². The van der Waals surface area contributed by atoms with Gasteiger partial charge in [0.15, 0.2) is 5.49 Å². The van der Waals surface area contributed by atoms with Crippen LogP contribution in [0.2, 0.25) is 0 Å². The second-order valence-electron chi connectivity index (χ2n) is 7.52. The number of esters is 1. The van der Waals surface area contributed by atoms with Crippen molar-refractivity contribution in [1.82, 2.24) is 14.0 Å². The highest BCUT2D eigenvalue weighted by atomic mass is 16.5. The highest BCUT2D eigenvalue weighted by molar-refractivity contribution is 5.93. The van der Waals surface area contributed by atoms with Crippen molar-refractivity contribution in [2.24, 2.45) is 4.99 Å². The highest BCUT2D eigenvalue weighted by Gasteiger charge is 2.23. The Morgan fingerprint density at radius 2 is 2.16 bits per heavy atom. The summed E-state index contributed by atoms with van der Waals surface area (Å²) in [7, 11) is 0. The topological polar surface area (TPSA) is 104 Å². The lowest BCUT2D eigenvalue weighted by Crippen LogP contribution is -2.35. The molecule has 1 aliphatic heterocycles. The fraction of sp³-hybridized carbons (Fsp3) is 0.409. The Labute approximate surface area is 178 Å². The number of pyridine rings is 2. The number of aromatic nitrogens is 3. The molecule has 0 saturated carbocycles. The average molecular weight is 424 g/mol. The van der Waals surface area contributed by atoms with E-state index in [0.717, 1.165) is 18.4 Å². The van der Waals surface area contributed by atoms with Crippen LogP contribution in [0.5, 0.6) is 0 Å². The minimum absolute atomic E-state index is 0.0500. The average Bonchev–Trinajstić information content (AvgIpc) is 3.24. The summed E-state index contributed by atoms with van der Waals surface area (Å²) >= 11 is 0. The quantitative estimate of drug-likeness (QED) is 0.467. The van der Waals surface area contributed by atoms with Crippen molar-refractivity contribution in [2.75, 3.05) is 13.2 Å². The number of aryl methyl sites for hydroxylation is 1. The number of hydrogen-bond acceptors (Lipinski definition) is 6. The van der Waals surface area contributed by atoms with Crippen LogP contribution in [0.15, 0.2) is 34.2 Å². The first-order valence-electron chi connectivity index (χ1n) is 10.3. The molecule has 31 heavy (non-hydrogen) atoms. The maximum atomic E-state index is 13.3. The van der Waals surface area contributed by atoms with Crippen molar-refractivity contribution in [3.8, 4) is 0 Å². The molecule has 0 aromatic carbocycles. The second-order valence-corrected chi connectivity index (χ2v) is 7.52. The third-order valence-corrected chi connectivity index (χ3v) is 5.27. The van der Waals surface area contributed by atoms with E-state index < -0.39 is 11.9 Å². The molecular formula is C22H24N4O5. The summed E-state index contributed by atoms with van der Waals surface area (Å²) in [5.41, 5.74) is 1.53. The predicted molar refractivity (Wildman–Crippen MR) is 113 cm³/mol. The minimum Gasteiger partial charge on any atom is -0.462 e. The first-order valence-corrected chi connectivity index (χ1v) is 10.3. The van der Waals surface area contributed by atoms with Gasteiger partial charge in [-0.15, -0.1) is 0 Å². The second kappa shape index (κ2) is 8.43. The molecule has 9 heteroatoms. The predicted octanol–water partition coefficient (Wildman–Crippen LogP) is 1.76. The van der Waals surface area contributed by atoms with Crippen LogP contribution in [0.3, 0.4) is 0 Å². The van der Waals surface area contributed by atoms with E-state index in [1.807, 2.05) is 13.0 Å². The molecule has 0 radical (unpaired) electrons. The Morgan fingerprint density at radius 1 is 1.35 bits per heavy atom. The van der Waals surface area contributed by atoms with E-state index in [0.29, 0.717) is 24.4 Å². The number of hydrogen-bond donors (Lipinski definition) is 0. The van der Waals surface area contributed by atoms with Crippen LogP contribution >= 0.6 is 0 Å². The summed E-state index contributed by atoms with van der Waals surface area (Å²) in [6.45, 7) is 5.96. The van der Waals surface area contributed by atoms with Gasteiger partial charge >= 0.3 is 5.97 Å². The van der Waals surface area contributed by atoms with Crippen LogP contribution in [0.25, 0.3) is 16.7 Å². The lowest BCUT2D eigenvalue weighted by molar-refractivity contribution is -0.116. The molecule has 0 unspecified atom stereocenters. The molecule has 3 aromatic heterocycles. The molecule has 4 heterocycles. The maximum absolute atomic E-state index is 13.3. The third-order valence-electron chi connectivity index (χ3n) is 5.27. The molecule has 0 aliphatic carbocycles. The van der Waals surface area contributed by atoms with E-state index in [4.69, 9.17) is 14.5 Å². The Balaban J connectivity index is 2.15. The molecule has 1 saturated heterocycles. The first-order chi connectivity index (χ1) is 14.9. The van der Waals surface area contributed by atoms with Gasteiger partial charge in [0.1, 0.15) is 16.9 Å². The molecule has 0 N–H and O–H groups in total. The van der Waals surface area contributed by atoms with Gasteiger partial charge < -0.3 is 14.0 Å². The maximum Gasteiger partial charge on any atom is 0.341 e. The molecule has 1 aliphatic rings. The standard InChI is InChI=1S/C22H24N4O5/c1-4-30-22(29)17-11-16-19(24-18-13(2)7-5-9-25(18)21(16)28)26(20(17)23-14(3)27)12-15-8-6-10-31-15/h5,7,9,11,15H,4,6,8,10,12H2,1-3H3/t15-/m1/s1. The van der Waals surface area contributed by atoms with Crippen LogP contribution in [-0.4, -0.2) is 45.1 Å². The molecule has 1 fully saturated rings. The summed E-state index contributed by atoms with van der Waals surface area (Å²) < 4.78 is 14.1. The Kier molecular flexibility index (Phi) is 5.69. The summed E-state index contributed by atoms with van der Waals surface area (Å²) in [5, 5.41) is 0.242. The number of ether oxygens (including phenoxy) is 2. The lowest BCUT2D eigenvalue weighted by atomic mass is 10.1. The van der Waals surface area contributed by atoms with Crippen LogP contribution in [0.1, 0.15) is 42.6 Å². The van der Waals surface area contributed by atoms with Gasteiger partial charge in [-0.25, -0.2) is 9.78 Å². The molecule has 1 atom stereocenters. The fourth-order valence-corrected chi connectivity index (χ4v) is 3.88. The number of fused-ring (bicyclic) bond motifs is 2. The van der Waals surface area contributed by atoms with E-state index >= 15 is 0 Å². The van der Waals surface area contributed by atoms with Crippen LogP contribution in [-0.2, 0) is 20.8 Å². The monoisotopic (exact) mass is 424 g/mol. The van der Waals surface area contributed by atoms with E-state index in [1.165, 1.54) is 17.4 Å². The van der Waals surface area contributed by atoms with Gasteiger partial charge in [0.05, 0.1) is 24.6 Å². The summed E-state index contributed by atoms with van der Waals surface area (Å²) in [6.07, 6.45) is 3.24. The zero-order valence-electron chi connectivity index (χ0n) is 17.8. The Bertz CT molecular complexity index is 1320. The number of carbonyl (C=O) groups excluding carboxylic acids is 2. The van der Waals surface area contributed by atoms with E-state index in [9.17, 15) is 14.4 Å². The zero-order chi connectivity index (χ0) is 22.1.